The molecule has 1 N–H and O–H groups in total. The second kappa shape index (κ2) is 10.9. The van der Waals surface area contributed by atoms with E-state index in [1.165, 1.54) is 0 Å². The lowest BCUT2D eigenvalue weighted by Crippen LogP contribution is -2.08. The van der Waals surface area contributed by atoms with Gasteiger partial charge in [-0.3, -0.25) is 0 Å². The van der Waals surface area contributed by atoms with Gasteiger partial charge in [0.2, 0.25) is 0 Å². The minimum Gasteiger partial charge on any atom is -0.489 e. The van der Waals surface area contributed by atoms with Crippen molar-refractivity contribution in [3.63, 3.8) is 0 Å². The zero-order valence-electron chi connectivity index (χ0n) is 18.0. The van der Waals surface area contributed by atoms with Gasteiger partial charge in [0.15, 0.2) is 0 Å². The van der Waals surface area contributed by atoms with Crippen LogP contribution in [-0.4, -0.2) is 11.1 Å². The Bertz CT molecular complexity index is 1110. The highest BCUT2D eigenvalue weighted by Gasteiger charge is 2.21. The number of benzene rings is 4. The van der Waals surface area contributed by atoms with Crippen LogP contribution in [0, 0.1) is 0 Å². The standard InChI is InChI=1S/C28H24O5/c29-28(30)27-25(32-19-22-12-6-2-7-13-22)16-24(31-18-21-10-4-1-5-11-21)17-26(27)33-20-23-14-8-3-9-15-23/h1-17H,18-20H2,(H,29,30). The van der Waals surface area contributed by atoms with E-state index < -0.39 is 5.97 Å². The van der Waals surface area contributed by atoms with Crippen molar-refractivity contribution < 1.29 is 24.1 Å². The van der Waals surface area contributed by atoms with E-state index in [9.17, 15) is 9.90 Å². The lowest BCUT2D eigenvalue weighted by molar-refractivity contribution is 0.0686. The maximum Gasteiger partial charge on any atom is 0.343 e. The minimum absolute atomic E-state index is 0.0334. The van der Waals surface area contributed by atoms with Crippen LogP contribution in [-0.2, 0) is 19.8 Å². The summed E-state index contributed by atoms with van der Waals surface area (Å²) >= 11 is 0. The molecule has 0 amide bonds. The van der Waals surface area contributed by atoms with Gasteiger partial charge in [-0.15, -0.1) is 0 Å². The topological polar surface area (TPSA) is 65.0 Å². The van der Waals surface area contributed by atoms with Crippen LogP contribution < -0.4 is 14.2 Å². The van der Waals surface area contributed by atoms with Crippen LogP contribution in [0.5, 0.6) is 17.2 Å². The van der Waals surface area contributed by atoms with E-state index in [0.717, 1.165) is 16.7 Å². The molecule has 0 saturated carbocycles. The predicted molar refractivity (Wildman–Crippen MR) is 126 cm³/mol. The first-order valence-corrected chi connectivity index (χ1v) is 10.6. The summed E-state index contributed by atoms with van der Waals surface area (Å²) in [6.07, 6.45) is 0. The molecule has 0 saturated heterocycles. The van der Waals surface area contributed by atoms with Crippen molar-refractivity contribution >= 4 is 5.97 Å². The Balaban J connectivity index is 1.62. The van der Waals surface area contributed by atoms with Gasteiger partial charge in [0.1, 0.15) is 42.6 Å². The molecule has 5 heteroatoms. The Kier molecular flexibility index (Phi) is 7.23. The molecule has 0 aliphatic heterocycles. The van der Waals surface area contributed by atoms with E-state index in [4.69, 9.17) is 14.2 Å². The smallest absolute Gasteiger partial charge is 0.343 e. The second-order valence-corrected chi connectivity index (χ2v) is 7.42. The summed E-state index contributed by atoms with van der Waals surface area (Å²) in [7, 11) is 0. The molecule has 0 unspecified atom stereocenters. The molecule has 0 bridgehead atoms. The first-order valence-electron chi connectivity index (χ1n) is 10.6. The molecule has 4 aromatic carbocycles. The Labute approximate surface area is 192 Å². The average Bonchev–Trinajstić information content (AvgIpc) is 2.86. The third kappa shape index (κ3) is 6.14. The predicted octanol–water partition coefficient (Wildman–Crippen LogP) is 6.12. The summed E-state index contributed by atoms with van der Waals surface area (Å²) in [4.78, 5) is 12.2. The third-order valence-corrected chi connectivity index (χ3v) is 4.98. The molecule has 0 aliphatic carbocycles. The van der Waals surface area contributed by atoms with Gasteiger partial charge in [-0.2, -0.15) is 0 Å². The quantitative estimate of drug-likeness (QED) is 0.322. The number of carboxylic acids is 1. The van der Waals surface area contributed by atoms with Gasteiger partial charge in [-0.25, -0.2) is 4.79 Å². The lowest BCUT2D eigenvalue weighted by atomic mass is 10.1. The molecule has 4 rings (SSSR count). The highest BCUT2D eigenvalue weighted by Crippen LogP contribution is 2.36. The van der Waals surface area contributed by atoms with Crippen LogP contribution in [0.15, 0.2) is 103 Å². The number of carbonyl (C=O) groups is 1. The molecule has 0 spiro atoms. The molecule has 0 fully saturated rings. The minimum atomic E-state index is -1.13. The Hall–Kier alpha value is -4.25. The van der Waals surface area contributed by atoms with Gasteiger partial charge in [0, 0.05) is 12.1 Å². The first-order chi connectivity index (χ1) is 16.2. The highest BCUT2D eigenvalue weighted by atomic mass is 16.5. The molecule has 0 aromatic heterocycles. The number of rotatable bonds is 10. The third-order valence-electron chi connectivity index (χ3n) is 4.98. The summed E-state index contributed by atoms with van der Waals surface area (Å²) in [5.41, 5.74) is 2.82. The molecular weight excluding hydrogens is 416 g/mol. The van der Waals surface area contributed by atoms with Crippen LogP contribution in [0.4, 0.5) is 0 Å². The van der Waals surface area contributed by atoms with Gasteiger partial charge in [-0.1, -0.05) is 91.0 Å². The van der Waals surface area contributed by atoms with E-state index in [-0.39, 0.29) is 30.3 Å². The van der Waals surface area contributed by atoms with Gasteiger partial charge >= 0.3 is 5.97 Å². The molecular formula is C28H24O5. The van der Waals surface area contributed by atoms with Crippen molar-refractivity contribution in [3.05, 3.63) is 125 Å². The Morgan fingerprint density at radius 2 is 0.939 bits per heavy atom. The van der Waals surface area contributed by atoms with Gasteiger partial charge in [0.05, 0.1) is 0 Å². The molecule has 0 aliphatic rings. The zero-order chi connectivity index (χ0) is 22.9. The van der Waals surface area contributed by atoms with E-state index in [2.05, 4.69) is 0 Å². The van der Waals surface area contributed by atoms with Crippen LogP contribution in [0.1, 0.15) is 27.0 Å². The van der Waals surface area contributed by atoms with Crippen molar-refractivity contribution in [1.82, 2.24) is 0 Å². The molecule has 0 heterocycles. The van der Waals surface area contributed by atoms with E-state index in [1.807, 2.05) is 91.0 Å². The van der Waals surface area contributed by atoms with Crippen LogP contribution in [0.2, 0.25) is 0 Å². The molecule has 166 valence electrons. The fourth-order valence-electron chi connectivity index (χ4n) is 3.30. The lowest BCUT2D eigenvalue weighted by Gasteiger charge is -2.17. The van der Waals surface area contributed by atoms with Crippen LogP contribution in [0.3, 0.4) is 0 Å². The largest absolute Gasteiger partial charge is 0.489 e. The Morgan fingerprint density at radius 1 is 0.576 bits per heavy atom. The fraction of sp³-hybridized carbons (Fsp3) is 0.107. The van der Waals surface area contributed by atoms with E-state index in [0.29, 0.717) is 12.4 Å². The maximum absolute atomic E-state index is 12.2. The maximum atomic E-state index is 12.2. The van der Waals surface area contributed by atoms with Crippen LogP contribution in [0.25, 0.3) is 0 Å². The average molecular weight is 440 g/mol. The fourth-order valence-corrected chi connectivity index (χ4v) is 3.30. The van der Waals surface area contributed by atoms with E-state index >= 15 is 0 Å². The normalized spacial score (nSPS) is 10.4. The molecule has 0 radical (unpaired) electrons. The molecule has 5 nitrogen and oxygen atoms in total. The second-order valence-electron chi connectivity index (χ2n) is 7.42. The molecule has 4 aromatic rings. The summed E-state index contributed by atoms with van der Waals surface area (Å²) in [5.74, 6) is -0.273. The summed E-state index contributed by atoms with van der Waals surface area (Å²) < 4.78 is 17.8. The van der Waals surface area contributed by atoms with Crippen LogP contribution >= 0.6 is 0 Å². The van der Waals surface area contributed by atoms with Crippen molar-refractivity contribution in [2.75, 3.05) is 0 Å². The van der Waals surface area contributed by atoms with Gasteiger partial charge in [0.25, 0.3) is 0 Å². The monoisotopic (exact) mass is 440 g/mol. The summed E-state index contributed by atoms with van der Waals surface area (Å²) in [6.45, 7) is 0.784. The molecule has 0 atom stereocenters. The summed E-state index contributed by atoms with van der Waals surface area (Å²) in [6, 6.07) is 32.1. The number of ether oxygens (including phenoxy) is 3. The zero-order valence-corrected chi connectivity index (χ0v) is 18.0. The van der Waals surface area contributed by atoms with Gasteiger partial charge in [-0.05, 0) is 16.7 Å². The van der Waals surface area contributed by atoms with Crippen molar-refractivity contribution in [1.29, 1.82) is 0 Å². The number of hydrogen-bond acceptors (Lipinski definition) is 4. The van der Waals surface area contributed by atoms with Gasteiger partial charge < -0.3 is 19.3 Å². The highest BCUT2D eigenvalue weighted by molar-refractivity contribution is 5.94. The van der Waals surface area contributed by atoms with Crippen molar-refractivity contribution in [3.8, 4) is 17.2 Å². The summed E-state index contributed by atoms with van der Waals surface area (Å²) in [5, 5.41) is 9.94. The molecule has 33 heavy (non-hydrogen) atoms. The van der Waals surface area contributed by atoms with Crippen molar-refractivity contribution in [2.45, 2.75) is 19.8 Å². The Morgan fingerprint density at radius 3 is 1.30 bits per heavy atom. The number of aromatic carboxylic acids is 1. The van der Waals surface area contributed by atoms with Crippen molar-refractivity contribution in [2.24, 2.45) is 0 Å². The number of hydrogen-bond donors (Lipinski definition) is 1. The number of carboxylic acid groups (broad SMARTS) is 1. The van der Waals surface area contributed by atoms with E-state index in [1.54, 1.807) is 12.1 Å². The SMILES string of the molecule is O=C(O)c1c(OCc2ccccc2)cc(OCc2ccccc2)cc1OCc1ccccc1. The first kappa shape index (κ1) is 22.0.